The second kappa shape index (κ2) is 8.91. The van der Waals surface area contributed by atoms with Crippen molar-refractivity contribution in [3.8, 4) is 0 Å². The zero-order valence-corrected chi connectivity index (χ0v) is 15.5. The Labute approximate surface area is 154 Å². The van der Waals surface area contributed by atoms with E-state index in [-0.39, 0.29) is 12.0 Å². The van der Waals surface area contributed by atoms with E-state index < -0.39 is 0 Å². The molecule has 2 heterocycles. The fourth-order valence-electron chi connectivity index (χ4n) is 3.13. The summed E-state index contributed by atoms with van der Waals surface area (Å²) in [5.41, 5.74) is 1.45. The normalized spacial score (nSPS) is 18.2. The summed E-state index contributed by atoms with van der Waals surface area (Å²) in [6.07, 6.45) is 1.69. The van der Waals surface area contributed by atoms with Crippen molar-refractivity contribution in [1.82, 2.24) is 25.2 Å². The Bertz CT molecular complexity index is 701. The Hall–Kier alpha value is -2.25. The van der Waals surface area contributed by atoms with Gasteiger partial charge in [0.15, 0.2) is 5.69 Å². The van der Waals surface area contributed by atoms with Gasteiger partial charge in [-0.2, -0.15) is 0 Å². The average molecular weight is 357 g/mol. The van der Waals surface area contributed by atoms with Crippen LogP contribution in [0.3, 0.4) is 0 Å². The first-order valence-electron chi connectivity index (χ1n) is 9.16. The van der Waals surface area contributed by atoms with E-state index in [0.29, 0.717) is 31.3 Å². The second-order valence-electron chi connectivity index (χ2n) is 7.14. The van der Waals surface area contributed by atoms with Crippen LogP contribution in [0.15, 0.2) is 36.5 Å². The van der Waals surface area contributed by atoms with Gasteiger partial charge in [-0.25, -0.2) is 4.68 Å². The molecule has 1 aromatic carbocycles. The lowest BCUT2D eigenvalue weighted by Crippen LogP contribution is -2.48. The topological polar surface area (TPSA) is 72.3 Å². The summed E-state index contributed by atoms with van der Waals surface area (Å²) in [7, 11) is 0. The molecular weight excluding hydrogens is 330 g/mol. The SMILES string of the molecule is CC(C)CN1CCOC(CNC(=O)c2cn(Cc3ccccc3)nn2)C1. The molecule has 1 aliphatic rings. The van der Waals surface area contributed by atoms with Gasteiger partial charge in [-0.1, -0.05) is 49.4 Å². The minimum atomic E-state index is -0.214. The molecule has 2 aromatic rings. The summed E-state index contributed by atoms with van der Waals surface area (Å²) in [6.45, 7) is 9.07. The molecule has 1 atom stereocenters. The maximum atomic E-state index is 12.3. The number of nitrogens with zero attached hydrogens (tertiary/aromatic N) is 4. The van der Waals surface area contributed by atoms with Gasteiger partial charge in [-0.3, -0.25) is 9.69 Å². The fourth-order valence-corrected chi connectivity index (χ4v) is 3.13. The molecule has 1 saturated heterocycles. The Morgan fingerprint density at radius 2 is 2.15 bits per heavy atom. The van der Waals surface area contributed by atoms with Gasteiger partial charge in [0.05, 0.1) is 25.5 Å². The lowest BCUT2D eigenvalue weighted by molar-refractivity contribution is -0.0295. The number of morpholine rings is 1. The first-order valence-corrected chi connectivity index (χ1v) is 9.16. The lowest BCUT2D eigenvalue weighted by atomic mass is 10.2. The van der Waals surface area contributed by atoms with E-state index >= 15 is 0 Å². The van der Waals surface area contributed by atoms with E-state index in [1.807, 2.05) is 30.3 Å². The molecule has 0 radical (unpaired) electrons. The number of rotatable bonds is 7. The van der Waals surface area contributed by atoms with Gasteiger partial charge in [-0.05, 0) is 11.5 Å². The third-order valence-corrected chi connectivity index (χ3v) is 4.30. The molecule has 7 heteroatoms. The molecule has 0 saturated carbocycles. The number of hydrogen-bond acceptors (Lipinski definition) is 5. The van der Waals surface area contributed by atoms with E-state index in [1.165, 1.54) is 0 Å². The molecule has 140 valence electrons. The molecule has 1 aromatic heterocycles. The van der Waals surface area contributed by atoms with Crippen LogP contribution in [-0.4, -0.2) is 64.7 Å². The van der Waals surface area contributed by atoms with Crippen LogP contribution in [-0.2, 0) is 11.3 Å². The van der Waals surface area contributed by atoms with Crippen molar-refractivity contribution in [2.75, 3.05) is 32.8 Å². The Morgan fingerprint density at radius 1 is 1.35 bits per heavy atom. The van der Waals surface area contributed by atoms with Gasteiger partial charge in [-0.15, -0.1) is 5.10 Å². The van der Waals surface area contributed by atoms with Crippen molar-refractivity contribution in [1.29, 1.82) is 0 Å². The van der Waals surface area contributed by atoms with Gasteiger partial charge in [0.25, 0.3) is 5.91 Å². The number of carbonyl (C=O) groups is 1. The van der Waals surface area contributed by atoms with E-state index in [1.54, 1.807) is 10.9 Å². The smallest absolute Gasteiger partial charge is 0.273 e. The summed E-state index contributed by atoms with van der Waals surface area (Å²) in [4.78, 5) is 14.7. The van der Waals surface area contributed by atoms with Crippen molar-refractivity contribution in [2.45, 2.75) is 26.5 Å². The Kier molecular flexibility index (Phi) is 6.35. The highest BCUT2D eigenvalue weighted by Crippen LogP contribution is 2.08. The maximum Gasteiger partial charge on any atom is 0.273 e. The number of nitrogens with one attached hydrogen (secondary N) is 1. The predicted octanol–water partition coefficient (Wildman–Crippen LogP) is 1.41. The number of aromatic nitrogens is 3. The van der Waals surface area contributed by atoms with Gasteiger partial charge in [0.2, 0.25) is 0 Å². The van der Waals surface area contributed by atoms with Crippen LogP contribution >= 0.6 is 0 Å². The molecule has 3 rings (SSSR count). The Balaban J connectivity index is 1.48. The van der Waals surface area contributed by atoms with E-state index in [4.69, 9.17) is 4.74 Å². The minimum absolute atomic E-state index is 0.0193. The summed E-state index contributed by atoms with van der Waals surface area (Å²) in [5.74, 6) is 0.414. The molecule has 0 spiro atoms. The largest absolute Gasteiger partial charge is 0.374 e. The molecule has 7 nitrogen and oxygen atoms in total. The summed E-state index contributed by atoms with van der Waals surface area (Å²) in [6, 6.07) is 9.97. The van der Waals surface area contributed by atoms with Crippen molar-refractivity contribution >= 4 is 5.91 Å². The zero-order chi connectivity index (χ0) is 18.4. The third-order valence-electron chi connectivity index (χ3n) is 4.30. The van der Waals surface area contributed by atoms with Gasteiger partial charge < -0.3 is 10.1 Å². The third kappa shape index (κ3) is 5.37. The fraction of sp³-hybridized carbons (Fsp3) is 0.526. The highest BCUT2D eigenvalue weighted by atomic mass is 16.5. The molecule has 1 unspecified atom stereocenters. The quantitative estimate of drug-likeness (QED) is 0.811. The van der Waals surface area contributed by atoms with Crippen LogP contribution in [0.5, 0.6) is 0 Å². The molecule has 26 heavy (non-hydrogen) atoms. The molecule has 1 N–H and O–H groups in total. The second-order valence-corrected chi connectivity index (χ2v) is 7.14. The number of hydrogen-bond donors (Lipinski definition) is 1. The van der Waals surface area contributed by atoms with E-state index in [0.717, 1.165) is 25.2 Å². The minimum Gasteiger partial charge on any atom is -0.374 e. The van der Waals surface area contributed by atoms with Crippen LogP contribution in [0, 0.1) is 5.92 Å². The molecule has 1 aliphatic heterocycles. The standard InChI is InChI=1S/C19H27N5O2/c1-15(2)11-23-8-9-26-17(13-23)10-20-19(25)18-14-24(22-21-18)12-16-6-4-3-5-7-16/h3-7,14-15,17H,8-13H2,1-2H3,(H,20,25). The molecule has 0 aliphatic carbocycles. The first kappa shape index (κ1) is 18.5. The molecule has 1 fully saturated rings. The first-order chi connectivity index (χ1) is 12.6. The number of amides is 1. The highest BCUT2D eigenvalue weighted by Gasteiger charge is 2.22. The average Bonchev–Trinajstić information content (AvgIpc) is 3.09. The van der Waals surface area contributed by atoms with Crippen LogP contribution < -0.4 is 5.32 Å². The number of ether oxygens (including phenoxy) is 1. The van der Waals surface area contributed by atoms with Gasteiger partial charge in [0.1, 0.15) is 0 Å². The van der Waals surface area contributed by atoms with Crippen LogP contribution in [0.25, 0.3) is 0 Å². The van der Waals surface area contributed by atoms with Crippen molar-refractivity contribution in [3.63, 3.8) is 0 Å². The lowest BCUT2D eigenvalue weighted by Gasteiger charge is -2.33. The monoisotopic (exact) mass is 357 g/mol. The molecule has 0 bridgehead atoms. The molecule has 1 amide bonds. The van der Waals surface area contributed by atoms with Crippen LogP contribution in [0.2, 0.25) is 0 Å². The number of benzene rings is 1. The van der Waals surface area contributed by atoms with Crippen molar-refractivity contribution < 1.29 is 9.53 Å². The maximum absolute atomic E-state index is 12.3. The van der Waals surface area contributed by atoms with Crippen LogP contribution in [0.4, 0.5) is 0 Å². The highest BCUT2D eigenvalue weighted by molar-refractivity contribution is 5.91. The molecular formula is C19H27N5O2. The summed E-state index contributed by atoms with van der Waals surface area (Å²) < 4.78 is 7.43. The van der Waals surface area contributed by atoms with Crippen molar-refractivity contribution in [2.24, 2.45) is 5.92 Å². The summed E-state index contributed by atoms with van der Waals surface area (Å²) >= 11 is 0. The summed E-state index contributed by atoms with van der Waals surface area (Å²) in [5, 5.41) is 10.9. The number of carbonyl (C=O) groups excluding carboxylic acids is 1. The van der Waals surface area contributed by atoms with Gasteiger partial charge >= 0.3 is 0 Å². The van der Waals surface area contributed by atoms with E-state index in [2.05, 4.69) is 34.4 Å². The zero-order valence-electron chi connectivity index (χ0n) is 15.5. The van der Waals surface area contributed by atoms with Crippen molar-refractivity contribution in [3.05, 3.63) is 47.8 Å². The van der Waals surface area contributed by atoms with Gasteiger partial charge in [0, 0.05) is 26.2 Å². The van der Waals surface area contributed by atoms with Crippen LogP contribution in [0.1, 0.15) is 29.9 Å². The van der Waals surface area contributed by atoms with E-state index in [9.17, 15) is 4.79 Å². The Morgan fingerprint density at radius 3 is 2.92 bits per heavy atom. The predicted molar refractivity (Wildman–Crippen MR) is 98.9 cm³/mol.